The number of amidine groups is 1. The number of allylic oxidation sites excluding steroid dienone is 2. The van der Waals surface area contributed by atoms with E-state index in [1.165, 1.54) is 13.2 Å². The molecule has 0 saturated carbocycles. The molecule has 176 valence electrons. The first-order valence-corrected chi connectivity index (χ1v) is 10.8. The molecule has 7 nitrogen and oxygen atoms in total. The molecule has 0 aliphatic heterocycles. The van der Waals surface area contributed by atoms with E-state index in [0.29, 0.717) is 11.3 Å². The lowest BCUT2D eigenvalue weighted by Gasteiger charge is -2.28. The van der Waals surface area contributed by atoms with Crippen LogP contribution in [0.25, 0.3) is 0 Å². The van der Waals surface area contributed by atoms with E-state index >= 15 is 0 Å². The molecule has 0 bridgehead atoms. The highest BCUT2D eigenvalue weighted by molar-refractivity contribution is 14.1. The summed E-state index contributed by atoms with van der Waals surface area (Å²) in [6.07, 6.45) is 16.4. The summed E-state index contributed by atoms with van der Waals surface area (Å²) in [5.74, 6) is 4.20. The molecular weight excluding hydrogens is 543 g/mol. The number of hydrogen-bond acceptors (Lipinski definition) is 5. The normalized spacial score (nSPS) is 15.5. The Morgan fingerprint density at radius 2 is 1.88 bits per heavy atom. The van der Waals surface area contributed by atoms with Gasteiger partial charge in [0, 0.05) is 35.0 Å². The van der Waals surface area contributed by atoms with Crippen LogP contribution in [0.5, 0.6) is 0 Å². The van der Waals surface area contributed by atoms with Gasteiger partial charge in [0.1, 0.15) is 11.7 Å². The van der Waals surface area contributed by atoms with E-state index in [2.05, 4.69) is 32.1 Å². The number of aromatic nitrogens is 2. The zero-order valence-electron chi connectivity index (χ0n) is 19.0. The van der Waals surface area contributed by atoms with Gasteiger partial charge in [-0.25, -0.2) is 15.0 Å². The lowest BCUT2D eigenvalue weighted by molar-refractivity contribution is -0.125. The number of carbonyl (C=O) groups excluding carboxylic acids is 1. The number of hydrogen-bond donors (Lipinski definition) is 2. The summed E-state index contributed by atoms with van der Waals surface area (Å²) in [6, 6.07) is 0. The fourth-order valence-corrected chi connectivity index (χ4v) is 2.75. The van der Waals surface area contributed by atoms with Crippen molar-refractivity contribution in [1.29, 1.82) is 0 Å². The Kier molecular flexibility index (Phi) is 9.55. The molecule has 0 aromatic carbocycles. The maximum Gasteiger partial charge on any atom is 0.324 e. The minimum Gasteiger partial charge on any atom is -0.477 e. The highest BCUT2D eigenvalue weighted by Gasteiger charge is 2.38. The number of nitrogens with one attached hydrogen (secondary N) is 1. The van der Waals surface area contributed by atoms with Gasteiger partial charge in [-0.3, -0.25) is 4.79 Å². The smallest absolute Gasteiger partial charge is 0.324 e. The predicted octanol–water partition coefficient (Wildman–Crippen LogP) is 3.81. The molecule has 1 amide bonds. The van der Waals surface area contributed by atoms with E-state index in [1.807, 2.05) is 0 Å². The van der Waals surface area contributed by atoms with Crippen molar-refractivity contribution < 1.29 is 18.3 Å². The Morgan fingerprint density at radius 3 is 2.30 bits per heavy atom. The molecule has 2 unspecified atom stereocenters. The molecule has 0 radical (unpaired) electrons. The van der Waals surface area contributed by atoms with Gasteiger partial charge in [0.25, 0.3) is 0 Å². The van der Waals surface area contributed by atoms with Crippen LogP contribution in [-0.2, 0) is 20.0 Å². The fraction of sp³-hybridized carbons (Fsp3) is 0.391. The topological polar surface area (TPSA) is 102 Å². The van der Waals surface area contributed by atoms with Gasteiger partial charge in [-0.2, -0.15) is 8.78 Å². The first kappa shape index (κ1) is 28.0. The molecular formula is C23H26F2IN5O2. The summed E-state index contributed by atoms with van der Waals surface area (Å²) in [4.78, 5) is 24.9. The summed E-state index contributed by atoms with van der Waals surface area (Å²) in [7, 11) is 0. The van der Waals surface area contributed by atoms with Crippen LogP contribution in [0.15, 0.2) is 41.0 Å². The minimum atomic E-state index is -3.10. The van der Waals surface area contributed by atoms with Crippen LogP contribution in [0.2, 0.25) is 0 Å². The summed E-state index contributed by atoms with van der Waals surface area (Å²) >= 11 is 0.977. The van der Waals surface area contributed by atoms with Crippen LogP contribution in [0, 0.1) is 30.1 Å². The number of halogens is 3. The number of terminal acetylenes is 2. The van der Waals surface area contributed by atoms with Crippen molar-refractivity contribution in [3.8, 4) is 24.7 Å². The third-order valence-corrected chi connectivity index (χ3v) is 5.19. The third-order valence-electron chi connectivity index (χ3n) is 4.57. The maximum absolute atomic E-state index is 13.3. The molecule has 3 N–H and O–H groups in total. The first-order valence-electron chi connectivity index (χ1n) is 9.68. The van der Waals surface area contributed by atoms with E-state index in [-0.39, 0.29) is 23.8 Å². The quantitative estimate of drug-likeness (QED) is 0.118. The zero-order chi connectivity index (χ0) is 25.4. The number of ether oxygens (including phenoxy) is 1. The van der Waals surface area contributed by atoms with Crippen LogP contribution in [0.1, 0.15) is 46.0 Å². The number of nitrogens with zero attached hydrogens (tertiary/aromatic N) is 3. The van der Waals surface area contributed by atoms with Gasteiger partial charge in [0.15, 0.2) is 5.41 Å². The average Bonchev–Trinajstić information content (AvgIpc) is 2.77. The van der Waals surface area contributed by atoms with Crippen LogP contribution in [0.4, 0.5) is 8.78 Å². The number of alkyl halides is 3. The van der Waals surface area contributed by atoms with Crippen molar-refractivity contribution in [2.45, 2.75) is 50.7 Å². The third kappa shape index (κ3) is 6.99. The number of aliphatic imine (C=N–C) groups is 1. The van der Waals surface area contributed by atoms with E-state index in [1.54, 1.807) is 33.8 Å². The van der Waals surface area contributed by atoms with Gasteiger partial charge in [0.05, 0.1) is 24.1 Å². The Bertz CT molecular complexity index is 1040. The molecule has 1 aromatic rings. The summed E-state index contributed by atoms with van der Waals surface area (Å²) in [5.41, 5.74) is 3.96. The van der Waals surface area contributed by atoms with Gasteiger partial charge in [0.2, 0.25) is 11.5 Å². The van der Waals surface area contributed by atoms with Crippen LogP contribution < -0.4 is 11.1 Å². The van der Waals surface area contributed by atoms with Crippen LogP contribution >= 0.6 is 22.6 Å². The van der Waals surface area contributed by atoms with Gasteiger partial charge < -0.3 is 15.8 Å². The van der Waals surface area contributed by atoms with Crippen LogP contribution in [0.3, 0.4) is 0 Å². The highest BCUT2D eigenvalue weighted by atomic mass is 127. The molecule has 1 aromatic heterocycles. The van der Waals surface area contributed by atoms with Gasteiger partial charge >= 0.3 is 3.93 Å². The van der Waals surface area contributed by atoms with Crippen molar-refractivity contribution >= 4 is 34.3 Å². The number of rotatable bonds is 9. The summed E-state index contributed by atoms with van der Waals surface area (Å²) < 4.78 is 29.1. The SMILES string of the molecule is C#CC(C)(O/C=C\C)C(/N=C(/N)C(C)(C#C)C(=O)NCc1ncc(C(F)(F)I)cn1)=C(C)C. The van der Waals surface area contributed by atoms with Gasteiger partial charge in [-0.15, -0.1) is 12.8 Å². The number of nitrogens with two attached hydrogens (primary N) is 1. The van der Waals surface area contributed by atoms with E-state index < -0.39 is 20.9 Å². The molecule has 0 saturated heterocycles. The van der Waals surface area contributed by atoms with E-state index in [4.69, 9.17) is 23.3 Å². The van der Waals surface area contributed by atoms with Crippen molar-refractivity contribution in [3.05, 3.63) is 47.4 Å². The van der Waals surface area contributed by atoms with Crippen molar-refractivity contribution in [2.24, 2.45) is 16.1 Å². The summed E-state index contributed by atoms with van der Waals surface area (Å²) in [5, 5.41) is 2.56. The van der Waals surface area contributed by atoms with Gasteiger partial charge in [-0.1, -0.05) is 17.9 Å². The first-order chi connectivity index (χ1) is 15.2. The van der Waals surface area contributed by atoms with Crippen LogP contribution in [-0.4, -0.2) is 27.3 Å². The van der Waals surface area contributed by atoms with Crippen molar-refractivity contribution in [1.82, 2.24) is 15.3 Å². The molecule has 0 aliphatic rings. The molecule has 10 heteroatoms. The van der Waals surface area contributed by atoms with Crippen molar-refractivity contribution in [3.63, 3.8) is 0 Å². The molecule has 0 fully saturated rings. The molecule has 33 heavy (non-hydrogen) atoms. The second-order valence-electron chi connectivity index (χ2n) is 7.45. The largest absolute Gasteiger partial charge is 0.477 e. The second kappa shape index (κ2) is 11.2. The second-order valence-corrected chi connectivity index (χ2v) is 8.80. The Balaban J connectivity index is 3.18. The van der Waals surface area contributed by atoms with E-state index in [9.17, 15) is 13.6 Å². The minimum absolute atomic E-state index is 0.118. The predicted molar refractivity (Wildman–Crippen MR) is 132 cm³/mol. The highest BCUT2D eigenvalue weighted by Crippen LogP contribution is 2.34. The average molecular weight is 569 g/mol. The lowest BCUT2D eigenvalue weighted by atomic mass is 9.88. The molecule has 0 aliphatic carbocycles. The van der Waals surface area contributed by atoms with Gasteiger partial charge in [-0.05, 0) is 40.2 Å². The Morgan fingerprint density at radius 1 is 1.30 bits per heavy atom. The maximum atomic E-state index is 13.3. The molecule has 2 atom stereocenters. The van der Waals surface area contributed by atoms with E-state index in [0.717, 1.165) is 35.0 Å². The lowest BCUT2D eigenvalue weighted by Crippen LogP contribution is -2.47. The number of carbonyl (C=O) groups is 1. The monoisotopic (exact) mass is 569 g/mol. The zero-order valence-corrected chi connectivity index (χ0v) is 21.2. The molecule has 1 heterocycles. The standard InChI is InChI=1S/C23H26F2IN5O2/c1-8-11-33-22(7,10-3)18(15(4)5)31-19(27)21(6,9-2)20(32)30-14-17-28-12-16(13-29-17)23(24,25)26/h2-3,8,11-13H,14H2,1,4-7H3,(H2,27,31)(H,30,32)/b11-8-. The molecule has 1 rings (SSSR count). The Labute approximate surface area is 206 Å². The van der Waals surface area contributed by atoms with Crippen molar-refractivity contribution in [2.75, 3.05) is 0 Å². The fourth-order valence-electron chi connectivity index (χ4n) is 2.47. The number of amides is 1. The Hall–Kier alpha value is -2.99. The summed E-state index contributed by atoms with van der Waals surface area (Å²) in [6.45, 7) is 8.21. The molecule has 0 spiro atoms.